The number of amides is 1. The van der Waals surface area contributed by atoms with Crippen LogP contribution in [-0.4, -0.2) is 61.8 Å². The van der Waals surface area contributed by atoms with Gasteiger partial charge < -0.3 is 14.8 Å². The van der Waals surface area contributed by atoms with Gasteiger partial charge in [-0.1, -0.05) is 37.0 Å². The second-order valence-corrected chi connectivity index (χ2v) is 7.61. The molecule has 1 N–H and O–H groups in total. The van der Waals surface area contributed by atoms with E-state index in [-0.39, 0.29) is 18.1 Å². The number of hydrogen-bond acceptors (Lipinski definition) is 5. The monoisotopic (exact) mass is 374 g/mol. The lowest BCUT2D eigenvalue weighted by Crippen LogP contribution is -2.59. The van der Waals surface area contributed by atoms with Crippen LogP contribution in [0, 0.1) is 6.92 Å². The minimum Gasteiger partial charge on any atom is -0.452 e. The number of carbonyl (C=O) groups is 2. The number of aryl methyl sites for hydroxylation is 1. The first-order valence-corrected chi connectivity index (χ1v) is 9.92. The fourth-order valence-corrected chi connectivity index (χ4v) is 4.15. The molecule has 1 heterocycles. The van der Waals surface area contributed by atoms with E-state index in [1.54, 1.807) is 18.2 Å². The van der Waals surface area contributed by atoms with Crippen molar-refractivity contribution in [3.8, 4) is 0 Å². The first-order valence-electron chi connectivity index (χ1n) is 9.92. The van der Waals surface area contributed by atoms with Gasteiger partial charge in [0.1, 0.15) is 0 Å². The van der Waals surface area contributed by atoms with E-state index in [9.17, 15) is 9.59 Å². The standard InChI is InChI=1S/C21H30N2O4/c1-17-6-5-7-18(14-17)20(25)27-15-19(24)22-16-21(8-3-2-4-9-21)23-10-12-26-13-11-23/h5-7,14H,2-4,8-13,15-16H2,1H3,(H,22,24). The zero-order chi connectivity index (χ0) is 19.1. The Balaban J connectivity index is 1.51. The molecule has 0 unspecified atom stereocenters. The lowest BCUT2D eigenvalue weighted by Gasteiger charge is -2.48. The summed E-state index contributed by atoms with van der Waals surface area (Å²) in [5.74, 6) is -0.705. The third-order valence-electron chi connectivity index (χ3n) is 5.67. The Morgan fingerprint density at radius 3 is 2.63 bits per heavy atom. The fourth-order valence-electron chi connectivity index (χ4n) is 4.15. The minimum atomic E-state index is -0.464. The normalized spacial score (nSPS) is 20.0. The molecule has 0 spiro atoms. The quantitative estimate of drug-likeness (QED) is 0.774. The molecule has 6 heteroatoms. The fraction of sp³-hybridized carbons (Fsp3) is 0.619. The number of nitrogens with one attached hydrogen (secondary N) is 1. The third-order valence-corrected chi connectivity index (χ3v) is 5.67. The highest BCUT2D eigenvalue weighted by Gasteiger charge is 2.38. The van der Waals surface area contributed by atoms with Gasteiger partial charge in [-0.25, -0.2) is 4.79 Å². The maximum atomic E-state index is 12.3. The van der Waals surface area contributed by atoms with Crippen LogP contribution in [0.15, 0.2) is 24.3 Å². The number of ether oxygens (including phenoxy) is 2. The van der Waals surface area contributed by atoms with Crippen LogP contribution in [0.25, 0.3) is 0 Å². The molecule has 0 radical (unpaired) electrons. The summed E-state index contributed by atoms with van der Waals surface area (Å²) in [7, 11) is 0. The smallest absolute Gasteiger partial charge is 0.338 e. The van der Waals surface area contributed by atoms with Crippen molar-refractivity contribution in [3.63, 3.8) is 0 Å². The number of rotatable bonds is 6. The molecular formula is C21H30N2O4. The van der Waals surface area contributed by atoms with Gasteiger partial charge in [-0.3, -0.25) is 9.69 Å². The number of benzene rings is 1. The first kappa shape index (κ1) is 19.8. The maximum absolute atomic E-state index is 12.3. The van der Waals surface area contributed by atoms with Crippen LogP contribution in [-0.2, 0) is 14.3 Å². The van der Waals surface area contributed by atoms with E-state index in [0.717, 1.165) is 44.7 Å². The SMILES string of the molecule is Cc1cccc(C(=O)OCC(=O)NCC2(N3CCOCC3)CCCCC2)c1. The van der Waals surface area contributed by atoms with E-state index in [4.69, 9.17) is 9.47 Å². The molecule has 1 aliphatic carbocycles. The highest BCUT2D eigenvalue weighted by Crippen LogP contribution is 2.33. The zero-order valence-corrected chi connectivity index (χ0v) is 16.2. The van der Waals surface area contributed by atoms with Crippen LogP contribution in [0.1, 0.15) is 48.0 Å². The van der Waals surface area contributed by atoms with Crippen molar-refractivity contribution in [1.82, 2.24) is 10.2 Å². The Bertz CT molecular complexity index is 649. The molecule has 0 aromatic heterocycles. The Kier molecular flexibility index (Phi) is 6.85. The molecule has 1 aromatic carbocycles. The number of nitrogens with zero attached hydrogens (tertiary/aromatic N) is 1. The first-order chi connectivity index (χ1) is 13.1. The zero-order valence-electron chi connectivity index (χ0n) is 16.2. The van der Waals surface area contributed by atoms with Gasteiger partial charge in [-0.2, -0.15) is 0 Å². The van der Waals surface area contributed by atoms with Gasteiger partial charge in [0, 0.05) is 25.2 Å². The van der Waals surface area contributed by atoms with E-state index in [0.29, 0.717) is 12.1 Å². The molecular weight excluding hydrogens is 344 g/mol. The topological polar surface area (TPSA) is 67.9 Å². The Labute approximate surface area is 161 Å². The van der Waals surface area contributed by atoms with E-state index in [1.807, 2.05) is 13.0 Å². The summed E-state index contributed by atoms with van der Waals surface area (Å²) in [6.07, 6.45) is 5.83. The molecule has 1 aromatic rings. The lowest BCUT2D eigenvalue weighted by molar-refractivity contribution is -0.125. The maximum Gasteiger partial charge on any atom is 0.338 e. The average Bonchev–Trinajstić information content (AvgIpc) is 2.72. The van der Waals surface area contributed by atoms with Crippen molar-refractivity contribution >= 4 is 11.9 Å². The van der Waals surface area contributed by atoms with Crippen LogP contribution in [0.2, 0.25) is 0 Å². The molecule has 0 atom stereocenters. The van der Waals surface area contributed by atoms with E-state index >= 15 is 0 Å². The van der Waals surface area contributed by atoms with E-state index in [2.05, 4.69) is 10.2 Å². The van der Waals surface area contributed by atoms with Crippen molar-refractivity contribution in [1.29, 1.82) is 0 Å². The molecule has 1 saturated carbocycles. The predicted octanol–water partition coefficient (Wildman–Crippen LogP) is 2.30. The summed E-state index contributed by atoms with van der Waals surface area (Å²) >= 11 is 0. The highest BCUT2D eigenvalue weighted by atomic mass is 16.5. The van der Waals surface area contributed by atoms with Crippen molar-refractivity contribution < 1.29 is 19.1 Å². The van der Waals surface area contributed by atoms with E-state index < -0.39 is 5.97 Å². The van der Waals surface area contributed by atoms with Gasteiger partial charge in [-0.05, 0) is 31.9 Å². The molecule has 1 aliphatic heterocycles. The van der Waals surface area contributed by atoms with Crippen LogP contribution in [0.5, 0.6) is 0 Å². The summed E-state index contributed by atoms with van der Waals surface area (Å²) in [6.45, 7) is 5.61. The lowest BCUT2D eigenvalue weighted by atomic mass is 9.79. The van der Waals surface area contributed by atoms with E-state index in [1.165, 1.54) is 19.3 Å². The van der Waals surface area contributed by atoms with Gasteiger partial charge in [0.25, 0.3) is 5.91 Å². The van der Waals surface area contributed by atoms with Crippen LogP contribution >= 0.6 is 0 Å². The van der Waals surface area contributed by atoms with Gasteiger partial charge in [-0.15, -0.1) is 0 Å². The van der Waals surface area contributed by atoms with Gasteiger partial charge >= 0.3 is 5.97 Å². The van der Waals surface area contributed by atoms with Crippen LogP contribution in [0.4, 0.5) is 0 Å². The molecule has 1 saturated heterocycles. The van der Waals surface area contributed by atoms with Crippen molar-refractivity contribution in [3.05, 3.63) is 35.4 Å². The van der Waals surface area contributed by atoms with Crippen LogP contribution in [0.3, 0.4) is 0 Å². The summed E-state index contributed by atoms with van der Waals surface area (Å²) in [6, 6.07) is 7.18. The van der Waals surface area contributed by atoms with Gasteiger partial charge in [0.05, 0.1) is 18.8 Å². The van der Waals surface area contributed by atoms with Gasteiger partial charge in [0.15, 0.2) is 6.61 Å². The molecule has 27 heavy (non-hydrogen) atoms. The molecule has 148 valence electrons. The number of esters is 1. The minimum absolute atomic E-state index is 0.0121. The molecule has 6 nitrogen and oxygen atoms in total. The molecule has 0 bridgehead atoms. The van der Waals surface area contributed by atoms with Crippen molar-refractivity contribution in [2.75, 3.05) is 39.5 Å². The van der Waals surface area contributed by atoms with Crippen LogP contribution < -0.4 is 5.32 Å². The molecule has 2 aliphatic rings. The number of morpholine rings is 1. The van der Waals surface area contributed by atoms with Crippen molar-refractivity contribution in [2.24, 2.45) is 0 Å². The van der Waals surface area contributed by atoms with Gasteiger partial charge in [0.2, 0.25) is 0 Å². The summed E-state index contributed by atoms with van der Waals surface area (Å²) in [5.41, 5.74) is 1.47. The largest absolute Gasteiger partial charge is 0.452 e. The summed E-state index contributed by atoms with van der Waals surface area (Å²) < 4.78 is 10.7. The molecule has 3 rings (SSSR count). The molecule has 2 fully saturated rings. The third kappa shape index (κ3) is 5.30. The predicted molar refractivity (Wildman–Crippen MR) is 103 cm³/mol. The number of hydrogen-bond donors (Lipinski definition) is 1. The Morgan fingerprint density at radius 1 is 1.19 bits per heavy atom. The second kappa shape index (κ2) is 9.33. The second-order valence-electron chi connectivity index (χ2n) is 7.61. The average molecular weight is 374 g/mol. The summed E-state index contributed by atoms with van der Waals surface area (Å²) in [4.78, 5) is 26.9. The number of carbonyl (C=O) groups excluding carboxylic acids is 2. The summed E-state index contributed by atoms with van der Waals surface area (Å²) in [5, 5.41) is 3.01. The van der Waals surface area contributed by atoms with Crippen molar-refractivity contribution in [2.45, 2.75) is 44.6 Å². The Morgan fingerprint density at radius 2 is 1.93 bits per heavy atom. The Hall–Kier alpha value is -1.92. The highest BCUT2D eigenvalue weighted by molar-refractivity contribution is 5.91. The molecule has 1 amide bonds.